The van der Waals surface area contributed by atoms with Crippen molar-refractivity contribution in [1.29, 1.82) is 0 Å². The number of hydrogen-bond donors (Lipinski definition) is 1. The van der Waals surface area contributed by atoms with Gasteiger partial charge in [0.25, 0.3) is 5.91 Å². The number of nitro groups is 1. The van der Waals surface area contributed by atoms with Crippen LogP contribution < -0.4 is 10.1 Å². The summed E-state index contributed by atoms with van der Waals surface area (Å²) in [5, 5.41) is 13.7. The van der Waals surface area contributed by atoms with Crippen LogP contribution in [-0.2, 0) is 0 Å². The second kappa shape index (κ2) is 6.72. The third-order valence-corrected chi connectivity index (χ3v) is 2.71. The van der Waals surface area contributed by atoms with Gasteiger partial charge in [-0.05, 0) is 32.4 Å². The van der Waals surface area contributed by atoms with Crippen molar-refractivity contribution >= 4 is 11.6 Å². The first-order valence-corrected chi connectivity index (χ1v) is 6.21. The Balaban J connectivity index is 3.01. The summed E-state index contributed by atoms with van der Waals surface area (Å²) in [5.74, 6) is -0.145. The molecular formula is C13H18N2O4. The van der Waals surface area contributed by atoms with E-state index in [1.807, 2.05) is 13.8 Å². The normalized spacial score (nSPS) is 11.7. The zero-order valence-electron chi connectivity index (χ0n) is 11.3. The van der Waals surface area contributed by atoms with Gasteiger partial charge in [-0.3, -0.25) is 14.9 Å². The maximum absolute atomic E-state index is 11.9. The lowest BCUT2D eigenvalue weighted by Gasteiger charge is -2.11. The summed E-state index contributed by atoms with van der Waals surface area (Å²) in [6.45, 7) is 5.90. The Kier molecular flexibility index (Phi) is 5.29. The number of amides is 1. The van der Waals surface area contributed by atoms with Gasteiger partial charge in [-0.2, -0.15) is 0 Å². The molecule has 1 unspecified atom stereocenters. The van der Waals surface area contributed by atoms with Gasteiger partial charge in [0, 0.05) is 17.7 Å². The summed E-state index contributed by atoms with van der Waals surface area (Å²) >= 11 is 0. The van der Waals surface area contributed by atoms with Gasteiger partial charge >= 0.3 is 5.69 Å². The minimum Gasteiger partial charge on any atom is -0.487 e. The summed E-state index contributed by atoms with van der Waals surface area (Å²) in [6.07, 6.45) is 0.796. The third-order valence-electron chi connectivity index (χ3n) is 2.71. The van der Waals surface area contributed by atoms with Gasteiger partial charge in [0.2, 0.25) is 0 Å². The topological polar surface area (TPSA) is 81.5 Å². The van der Waals surface area contributed by atoms with E-state index in [1.54, 1.807) is 6.92 Å². The Hall–Kier alpha value is -2.11. The Morgan fingerprint density at radius 2 is 2.16 bits per heavy atom. The summed E-state index contributed by atoms with van der Waals surface area (Å²) in [4.78, 5) is 22.3. The standard InChI is InChI=1S/C13H18N2O4/c1-4-9(3)14-13(16)10-6-7-12(19-5-2)11(8-10)15(17)18/h6-9H,4-5H2,1-3H3,(H,14,16). The third kappa shape index (κ3) is 3.94. The molecule has 1 N–H and O–H groups in total. The van der Waals surface area contributed by atoms with E-state index in [-0.39, 0.29) is 28.9 Å². The van der Waals surface area contributed by atoms with Crippen LogP contribution in [0.15, 0.2) is 18.2 Å². The second-order valence-corrected chi connectivity index (χ2v) is 4.16. The highest BCUT2D eigenvalue weighted by atomic mass is 16.6. The molecular weight excluding hydrogens is 248 g/mol. The maximum atomic E-state index is 11.9. The van der Waals surface area contributed by atoms with Gasteiger partial charge in [-0.15, -0.1) is 0 Å². The number of ether oxygens (including phenoxy) is 1. The summed E-state index contributed by atoms with van der Waals surface area (Å²) in [5.41, 5.74) is 0.0640. The van der Waals surface area contributed by atoms with E-state index in [9.17, 15) is 14.9 Å². The molecule has 0 fully saturated rings. The number of nitrogens with zero attached hydrogens (tertiary/aromatic N) is 1. The molecule has 1 rings (SSSR count). The fourth-order valence-corrected chi connectivity index (χ4v) is 1.49. The average molecular weight is 266 g/mol. The average Bonchev–Trinajstić information content (AvgIpc) is 2.38. The molecule has 0 radical (unpaired) electrons. The minimum atomic E-state index is -0.551. The van der Waals surface area contributed by atoms with Crippen LogP contribution in [0.25, 0.3) is 0 Å². The second-order valence-electron chi connectivity index (χ2n) is 4.16. The van der Waals surface area contributed by atoms with E-state index in [0.717, 1.165) is 6.42 Å². The Morgan fingerprint density at radius 1 is 1.47 bits per heavy atom. The number of hydrogen-bond acceptors (Lipinski definition) is 4. The number of nitrogens with one attached hydrogen (secondary N) is 1. The van der Waals surface area contributed by atoms with E-state index < -0.39 is 4.92 Å². The molecule has 6 nitrogen and oxygen atoms in total. The van der Waals surface area contributed by atoms with Crippen molar-refractivity contribution in [2.24, 2.45) is 0 Å². The molecule has 1 aromatic carbocycles. The van der Waals surface area contributed by atoms with Gasteiger partial charge in [0.15, 0.2) is 5.75 Å². The van der Waals surface area contributed by atoms with Crippen LogP contribution in [0.1, 0.15) is 37.6 Å². The van der Waals surface area contributed by atoms with Crippen molar-refractivity contribution in [3.63, 3.8) is 0 Å². The summed E-state index contributed by atoms with van der Waals surface area (Å²) in [6, 6.07) is 4.24. The summed E-state index contributed by atoms with van der Waals surface area (Å²) in [7, 11) is 0. The van der Waals surface area contributed by atoms with Crippen LogP contribution in [-0.4, -0.2) is 23.5 Å². The van der Waals surface area contributed by atoms with Crippen LogP contribution >= 0.6 is 0 Å². The van der Waals surface area contributed by atoms with Crippen molar-refractivity contribution < 1.29 is 14.5 Å². The molecule has 6 heteroatoms. The van der Waals surface area contributed by atoms with E-state index in [0.29, 0.717) is 6.61 Å². The number of nitro benzene ring substituents is 1. The highest BCUT2D eigenvalue weighted by Gasteiger charge is 2.19. The first kappa shape index (κ1) is 14.9. The molecule has 0 saturated heterocycles. The fourth-order valence-electron chi connectivity index (χ4n) is 1.49. The molecule has 19 heavy (non-hydrogen) atoms. The highest BCUT2D eigenvalue weighted by molar-refractivity contribution is 5.95. The van der Waals surface area contributed by atoms with Crippen LogP contribution in [0.4, 0.5) is 5.69 Å². The number of carbonyl (C=O) groups excluding carboxylic acids is 1. The minimum absolute atomic E-state index is 0.0260. The zero-order valence-corrected chi connectivity index (χ0v) is 11.3. The number of rotatable bonds is 6. The molecule has 0 aliphatic rings. The molecule has 104 valence electrons. The maximum Gasteiger partial charge on any atom is 0.311 e. The summed E-state index contributed by atoms with van der Waals surface area (Å²) < 4.78 is 5.16. The van der Waals surface area contributed by atoms with E-state index in [2.05, 4.69) is 5.32 Å². The fraction of sp³-hybridized carbons (Fsp3) is 0.462. The highest BCUT2D eigenvalue weighted by Crippen LogP contribution is 2.27. The Morgan fingerprint density at radius 3 is 2.68 bits per heavy atom. The van der Waals surface area contributed by atoms with Crippen LogP contribution in [0.3, 0.4) is 0 Å². The van der Waals surface area contributed by atoms with Gasteiger partial charge in [-0.1, -0.05) is 6.92 Å². The predicted molar refractivity (Wildman–Crippen MR) is 71.5 cm³/mol. The van der Waals surface area contributed by atoms with Crippen LogP contribution in [0, 0.1) is 10.1 Å². The lowest BCUT2D eigenvalue weighted by atomic mass is 10.1. The number of benzene rings is 1. The molecule has 0 heterocycles. The monoisotopic (exact) mass is 266 g/mol. The molecule has 0 aromatic heterocycles. The molecule has 1 amide bonds. The molecule has 0 aliphatic carbocycles. The van der Waals surface area contributed by atoms with Crippen molar-refractivity contribution in [2.45, 2.75) is 33.2 Å². The molecule has 1 atom stereocenters. The van der Waals surface area contributed by atoms with Crippen molar-refractivity contribution in [3.05, 3.63) is 33.9 Å². The quantitative estimate of drug-likeness (QED) is 0.633. The molecule has 0 bridgehead atoms. The van der Waals surface area contributed by atoms with Crippen LogP contribution in [0.5, 0.6) is 5.75 Å². The first-order chi connectivity index (χ1) is 8.99. The zero-order chi connectivity index (χ0) is 14.4. The molecule has 0 aliphatic heterocycles. The lowest BCUT2D eigenvalue weighted by molar-refractivity contribution is -0.385. The largest absolute Gasteiger partial charge is 0.487 e. The van der Waals surface area contributed by atoms with E-state index in [1.165, 1.54) is 18.2 Å². The van der Waals surface area contributed by atoms with Crippen LogP contribution in [0.2, 0.25) is 0 Å². The molecule has 1 aromatic rings. The van der Waals surface area contributed by atoms with E-state index >= 15 is 0 Å². The van der Waals surface area contributed by atoms with Gasteiger partial charge in [-0.25, -0.2) is 0 Å². The predicted octanol–water partition coefficient (Wildman–Crippen LogP) is 2.52. The van der Waals surface area contributed by atoms with E-state index in [4.69, 9.17) is 4.74 Å². The van der Waals surface area contributed by atoms with Crippen molar-refractivity contribution in [3.8, 4) is 5.75 Å². The van der Waals surface area contributed by atoms with Gasteiger partial charge < -0.3 is 10.1 Å². The molecule has 0 spiro atoms. The van der Waals surface area contributed by atoms with Gasteiger partial charge in [0.1, 0.15) is 0 Å². The SMILES string of the molecule is CCOc1ccc(C(=O)NC(C)CC)cc1[N+](=O)[O-]. The Bertz CT molecular complexity index is 474. The van der Waals surface area contributed by atoms with Crippen molar-refractivity contribution in [2.75, 3.05) is 6.61 Å². The Labute approximate surface area is 111 Å². The number of carbonyl (C=O) groups is 1. The first-order valence-electron chi connectivity index (χ1n) is 6.21. The lowest BCUT2D eigenvalue weighted by Crippen LogP contribution is -2.31. The smallest absolute Gasteiger partial charge is 0.311 e. The van der Waals surface area contributed by atoms with Gasteiger partial charge in [0.05, 0.1) is 11.5 Å². The molecule has 0 saturated carbocycles. The van der Waals surface area contributed by atoms with Crippen molar-refractivity contribution in [1.82, 2.24) is 5.32 Å².